The highest BCUT2D eigenvalue weighted by atomic mass is 19.4. The Hall–Kier alpha value is -3.49. The Morgan fingerprint density at radius 1 is 0.842 bits per heavy atom. The molecule has 2 aromatic carbocycles. The van der Waals surface area contributed by atoms with Crippen molar-refractivity contribution in [3.8, 4) is 17.0 Å². The molecule has 0 aliphatic rings. The van der Waals surface area contributed by atoms with Gasteiger partial charge in [0.05, 0.1) is 5.41 Å². The van der Waals surface area contributed by atoms with Crippen molar-refractivity contribution in [2.75, 3.05) is 0 Å². The summed E-state index contributed by atoms with van der Waals surface area (Å²) < 4.78 is 44.5. The second-order valence-corrected chi connectivity index (χ2v) is 12.1. The summed E-state index contributed by atoms with van der Waals surface area (Å²) in [6, 6.07) is 13.0. The summed E-state index contributed by atoms with van der Waals surface area (Å²) in [5, 5.41) is 6.70. The summed E-state index contributed by atoms with van der Waals surface area (Å²) in [7, 11) is 0. The molecule has 3 aromatic rings. The number of alkyl halides is 3. The first-order chi connectivity index (χ1) is 17.2. The van der Waals surface area contributed by atoms with Crippen molar-refractivity contribution in [2.24, 2.45) is 0 Å². The predicted molar refractivity (Wildman–Crippen MR) is 143 cm³/mol. The molecule has 1 heterocycles. The number of halogens is 3. The van der Waals surface area contributed by atoms with E-state index >= 15 is 0 Å². The molecule has 38 heavy (non-hydrogen) atoms. The molecule has 3 rings (SSSR count). The van der Waals surface area contributed by atoms with Gasteiger partial charge in [-0.2, -0.15) is 0 Å². The molecule has 206 valence electrons. The topological polar surface area (TPSA) is 72.4 Å². The molecule has 9 heteroatoms. The van der Waals surface area contributed by atoms with E-state index in [1.54, 1.807) is 10.6 Å². The molecule has 0 atom stereocenters. The third-order valence-corrected chi connectivity index (χ3v) is 5.86. The lowest BCUT2D eigenvalue weighted by Crippen LogP contribution is -2.48. The van der Waals surface area contributed by atoms with Crippen LogP contribution in [0.25, 0.3) is 22.2 Å². The Balaban J connectivity index is 2.13. The molecule has 0 bridgehead atoms. The highest BCUT2D eigenvalue weighted by Gasteiger charge is 2.33. The highest BCUT2D eigenvalue weighted by molar-refractivity contribution is 5.93. The zero-order chi connectivity index (χ0) is 28.7. The van der Waals surface area contributed by atoms with Gasteiger partial charge in [0.15, 0.2) is 0 Å². The molecule has 2 N–H and O–H groups in total. The summed E-state index contributed by atoms with van der Waals surface area (Å²) in [6.07, 6.45) is -4.83. The van der Waals surface area contributed by atoms with Crippen molar-refractivity contribution in [2.45, 2.75) is 84.8 Å². The van der Waals surface area contributed by atoms with E-state index in [-0.39, 0.29) is 24.1 Å². The number of nitrogens with one attached hydrogen (secondary N) is 2. The smallest absolute Gasteiger partial charge is 0.406 e. The fourth-order valence-electron chi connectivity index (χ4n) is 4.15. The summed E-state index contributed by atoms with van der Waals surface area (Å²) >= 11 is 0. The second-order valence-electron chi connectivity index (χ2n) is 12.1. The van der Waals surface area contributed by atoms with Crippen molar-refractivity contribution in [3.05, 3.63) is 54.1 Å². The normalized spacial score (nSPS) is 12.9. The molecule has 0 radical (unpaired) electrons. The van der Waals surface area contributed by atoms with Crippen LogP contribution in [0.1, 0.15) is 61.0 Å². The Bertz CT molecular complexity index is 1340. The van der Waals surface area contributed by atoms with Gasteiger partial charge >= 0.3 is 6.36 Å². The third-order valence-electron chi connectivity index (χ3n) is 5.86. The van der Waals surface area contributed by atoms with Crippen LogP contribution in [0.2, 0.25) is 0 Å². The number of aromatic nitrogens is 1. The van der Waals surface area contributed by atoms with E-state index in [1.807, 2.05) is 79.7 Å². The molecule has 0 aliphatic carbocycles. The minimum absolute atomic E-state index is 0.0479. The lowest BCUT2D eigenvalue weighted by Gasteiger charge is -2.30. The number of carbonyl (C=O) groups excluding carboxylic acids is 2. The molecule has 6 nitrogen and oxygen atoms in total. The van der Waals surface area contributed by atoms with Gasteiger partial charge in [-0.3, -0.25) is 9.59 Å². The minimum Gasteiger partial charge on any atom is -0.406 e. The van der Waals surface area contributed by atoms with Crippen LogP contribution < -0.4 is 15.4 Å². The van der Waals surface area contributed by atoms with Crippen LogP contribution >= 0.6 is 0 Å². The van der Waals surface area contributed by atoms with Crippen molar-refractivity contribution < 1.29 is 27.5 Å². The Morgan fingerprint density at radius 2 is 1.47 bits per heavy atom. The number of rotatable bonds is 6. The molecule has 2 amide bonds. The van der Waals surface area contributed by atoms with Crippen LogP contribution in [0.5, 0.6) is 5.75 Å². The first-order valence-electron chi connectivity index (χ1n) is 12.4. The summed E-state index contributed by atoms with van der Waals surface area (Å²) in [5.41, 5.74) is 0.764. The monoisotopic (exact) mass is 531 g/mol. The highest BCUT2D eigenvalue weighted by Crippen LogP contribution is 2.35. The predicted octanol–water partition coefficient (Wildman–Crippen LogP) is 6.31. The van der Waals surface area contributed by atoms with Gasteiger partial charge in [-0.1, -0.05) is 18.2 Å². The van der Waals surface area contributed by atoms with Gasteiger partial charge in [0.2, 0.25) is 11.8 Å². The maximum absolute atomic E-state index is 13.1. The van der Waals surface area contributed by atoms with Crippen LogP contribution in [0.4, 0.5) is 13.2 Å². The van der Waals surface area contributed by atoms with Crippen LogP contribution in [0.15, 0.2) is 48.5 Å². The molecule has 0 fully saturated rings. The standard InChI is InChI=1S/C29H36F3N3O3/c1-26(2,3)33-24(36)17-35-22-13-12-20(28(7,8)25(37)34-27(4,5)6)14-19(22)16-23(35)18-10-9-11-21(15-18)38-29(30,31)32/h9-16H,17H2,1-8H3,(H,33,36)(H,34,37). The number of hydrogen-bond acceptors (Lipinski definition) is 3. The summed E-state index contributed by atoms with van der Waals surface area (Å²) in [6.45, 7) is 15.0. The van der Waals surface area contributed by atoms with Gasteiger partial charge < -0.3 is 19.9 Å². The summed E-state index contributed by atoms with van der Waals surface area (Å²) in [5.74, 6) is -0.731. The number of fused-ring (bicyclic) bond motifs is 1. The van der Waals surface area contributed by atoms with Crippen molar-refractivity contribution >= 4 is 22.7 Å². The van der Waals surface area contributed by atoms with Crippen LogP contribution in [0, 0.1) is 0 Å². The Kier molecular flexibility index (Phi) is 7.65. The average Bonchev–Trinajstić information content (AvgIpc) is 3.07. The van der Waals surface area contributed by atoms with Crippen molar-refractivity contribution in [3.63, 3.8) is 0 Å². The first kappa shape index (κ1) is 29.1. The molecule has 0 saturated heterocycles. The van der Waals surface area contributed by atoms with E-state index in [4.69, 9.17) is 0 Å². The molecular formula is C29H36F3N3O3. The number of hydrogen-bond donors (Lipinski definition) is 2. The fraction of sp³-hybridized carbons (Fsp3) is 0.448. The number of nitrogens with zero attached hydrogens (tertiary/aromatic N) is 1. The van der Waals surface area contributed by atoms with Gasteiger partial charge in [-0.15, -0.1) is 13.2 Å². The van der Waals surface area contributed by atoms with Crippen LogP contribution in [0.3, 0.4) is 0 Å². The van der Waals surface area contributed by atoms with E-state index in [9.17, 15) is 22.8 Å². The van der Waals surface area contributed by atoms with Gasteiger partial charge in [-0.25, -0.2) is 0 Å². The average molecular weight is 532 g/mol. The quantitative estimate of drug-likeness (QED) is 0.391. The number of carbonyl (C=O) groups is 2. The van der Waals surface area contributed by atoms with Crippen LogP contribution in [-0.4, -0.2) is 33.8 Å². The largest absolute Gasteiger partial charge is 0.573 e. The van der Waals surface area contributed by atoms with Gasteiger partial charge in [-0.05, 0) is 91.3 Å². The van der Waals surface area contributed by atoms with Crippen LogP contribution in [-0.2, 0) is 21.5 Å². The number of benzene rings is 2. The second kappa shape index (κ2) is 10.0. The van der Waals surface area contributed by atoms with Gasteiger partial charge in [0.25, 0.3) is 0 Å². The molecule has 0 saturated carbocycles. The maximum atomic E-state index is 13.1. The lowest BCUT2D eigenvalue weighted by molar-refractivity contribution is -0.274. The SMILES string of the molecule is CC(C)(C)NC(=O)Cn1c(-c2cccc(OC(F)(F)F)c2)cc2cc(C(C)(C)C(=O)NC(C)(C)C)ccc21. The molecular weight excluding hydrogens is 495 g/mol. The van der Waals surface area contributed by atoms with Crippen molar-refractivity contribution in [1.82, 2.24) is 15.2 Å². The van der Waals surface area contributed by atoms with Crippen molar-refractivity contribution in [1.29, 1.82) is 0 Å². The van der Waals surface area contributed by atoms with Gasteiger partial charge in [0.1, 0.15) is 12.3 Å². The maximum Gasteiger partial charge on any atom is 0.573 e. The molecule has 1 aromatic heterocycles. The molecule has 0 unspecified atom stereocenters. The van der Waals surface area contributed by atoms with Gasteiger partial charge in [0, 0.05) is 33.2 Å². The Morgan fingerprint density at radius 3 is 2.05 bits per heavy atom. The molecule has 0 spiro atoms. The lowest BCUT2D eigenvalue weighted by atomic mass is 9.82. The fourth-order valence-corrected chi connectivity index (χ4v) is 4.15. The van der Waals surface area contributed by atoms with E-state index in [2.05, 4.69) is 15.4 Å². The van der Waals surface area contributed by atoms with E-state index in [0.717, 1.165) is 10.9 Å². The zero-order valence-corrected chi connectivity index (χ0v) is 23.1. The van der Waals surface area contributed by atoms with E-state index in [1.165, 1.54) is 18.2 Å². The van der Waals surface area contributed by atoms with E-state index in [0.29, 0.717) is 16.8 Å². The first-order valence-corrected chi connectivity index (χ1v) is 12.4. The number of amides is 2. The Labute approximate surface area is 221 Å². The minimum atomic E-state index is -4.83. The molecule has 0 aliphatic heterocycles. The van der Waals surface area contributed by atoms with E-state index < -0.39 is 22.9 Å². The zero-order valence-electron chi connectivity index (χ0n) is 23.1. The number of ether oxygens (including phenoxy) is 1. The summed E-state index contributed by atoms with van der Waals surface area (Å²) in [4.78, 5) is 26.0. The third kappa shape index (κ3) is 7.30.